The number of hydrogen-bond acceptors (Lipinski definition) is 3. The van der Waals surface area contributed by atoms with Crippen molar-refractivity contribution in [2.45, 2.75) is 46.1 Å². The van der Waals surface area contributed by atoms with Crippen molar-refractivity contribution < 1.29 is 9.21 Å². The van der Waals surface area contributed by atoms with Crippen LogP contribution < -0.4 is 5.43 Å². The number of fused-ring (bicyclic) bond motifs is 2. The third-order valence-electron chi connectivity index (χ3n) is 5.81. The van der Waals surface area contributed by atoms with Crippen LogP contribution in [0.5, 0.6) is 0 Å². The first-order chi connectivity index (χ1) is 13.1. The molecule has 0 saturated carbocycles. The van der Waals surface area contributed by atoms with Gasteiger partial charge in [-0.1, -0.05) is 45.0 Å². The summed E-state index contributed by atoms with van der Waals surface area (Å²) in [4.78, 5) is 27.8. The third-order valence-corrected chi connectivity index (χ3v) is 5.81. The number of carbonyl (C=O) groups excluding carboxylic acids is 1. The van der Waals surface area contributed by atoms with Crippen molar-refractivity contribution in [1.29, 1.82) is 0 Å². The first-order valence-corrected chi connectivity index (χ1v) is 9.55. The summed E-state index contributed by atoms with van der Waals surface area (Å²) in [6.07, 6.45) is 0. The number of carbonyl (C=O) groups is 1. The molecule has 1 atom stereocenters. The fourth-order valence-electron chi connectivity index (χ4n) is 3.90. The van der Waals surface area contributed by atoms with Gasteiger partial charge in [-0.15, -0.1) is 0 Å². The van der Waals surface area contributed by atoms with Crippen LogP contribution >= 0.6 is 0 Å². The fourth-order valence-corrected chi connectivity index (χ4v) is 3.90. The second-order valence-electron chi connectivity index (χ2n) is 8.80. The molecule has 1 amide bonds. The molecule has 1 aliphatic heterocycles. The van der Waals surface area contributed by atoms with Crippen molar-refractivity contribution in [3.63, 3.8) is 0 Å². The van der Waals surface area contributed by atoms with E-state index in [9.17, 15) is 9.59 Å². The number of aryl methyl sites for hydroxylation is 2. The van der Waals surface area contributed by atoms with Gasteiger partial charge in [0.2, 0.25) is 5.76 Å². The van der Waals surface area contributed by atoms with Gasteiger partial charge in [0.15, 0.2) is 5.43 Å². The highest BCUT2D eigenvalue weighted by Gasteiger charge is 2.40. The summed E-state index contributed by atoms with van der Waals surface area (Å²) in [6, 6.07) is 11.4. The molecule has 4 heteroatoms. The fraction of sp³-hybridized carbons (Fsp3) is 0.333. The molecule has 4 nitrogen and oxygen atoms in total. The Morgan fingerprint density at radius 1 is 0.964 bits per heavy atom. The van der Waals surface area contributed by atoms with Crippen molar-refractivity contribution in [2.75, 3.05) is 7.05 Å². The van der Waals surface area contributed by atoms with E-state index >= 15 is 0 Å². The summed E-state index contributed by atoms with van der Waals surface area (Å²) in [7, 11) is 1.72. The standard InChI is InChI=1S/C24H25NO3/c1-13-11-17-18(12-14(13)2)28-22-19(21(17)26)20(25(6)23(22)27)15-7-9-16(10-8-15)24(3,4)5/h7-12,20H,1-6H3. The second kappa shape index (κ2) is 6.06. The first-order valence-electron chi connectivity index (χ1n) is 9.55. The zero-order chi connectivity index (χ0) is 20.4. The van der Waals surface area contributed by atoms with Crippen LogP contribution in [0.15, 0.2) is 45.6 Å². The minimum Gasteiger partial charge on any atom is -0.450 e. The van der Waals surface area contributed by atoms with Gasteiger partial charge in [-0.25, -0.2) is 0 Å². The summed E-state index contributed by atoms with van der Waals surface area (Å²) >= 11 is 0. The summed E-state index contributed by atoms with van der Waals surface area (Å²) < 4.78 is 5.94. The minimum atomic E-state index is -0.432. The van der Waals surface area contributed by atoms with Gasteiger partial charge in [0.25, 0.3) is 5.91 Å². The van der Waals surface area contributed by atoms with E-state index < -0.39 is 6.04 Å². The lowest BCUT2D eigenvalue weighted by Gasteiger charge is -2.23. The average Bonchev–Trinajstić information content (AvgIpc) is 2.88. The predicted octanol–water partition coefficient (Wildman–Crippen LogP) is 4.88. The summed E-state index contributed by atoms with van der Waals surface area (Å²) in [5.74, 6) is -0.0923. The second-order valence-corrected chi connectivity index (χ2v) is 8.80. The molecule has 2 aromatic carbocycles. The Morgan fingerprint density at radius 3 is 2.18 bits per heavy atom. The van der Waals surface area contributed by atoms with E-state index in [1.165, 1.54) is 5.56 Å². The Balaban J connectivity index is 1.93. The number of nitrogens with zero attached hydrogens (tertiary/aromatic N) is 1. The monoisotopic (exact) mass is 375 g/mol. The van der Waals surface area contributed by atoms with Gasteiger partial charge in [0.05, 0.1) is 17.0 Å². The minimum absolute atomic E-state index is 0.0401. The van der Waals surface area contributed by atoms with Crippen molar-refractivity contribution in [2.24, 2.45) is 0 Å². The molecule has 0 radical (unpaired) electrons. The lowest BCUT2D eigenvalue weighted by molar-refractivity contribution is 0.0771. The van der Waals surface area contributed by atoms with Gasteiger partial charge >= 0.3 is 0 Å². The maximum atomic E-state index is 13.3. The molecule has 1 unspecified atom stereocenters. The van der Waals surface area contributed by atoms with Gasteiger partial charge in [-0.05, 0) is 53.6 Å². The maximum Gasteiger partial charge on any atom is 0.290 e. The van der Waals surface area contributed by atoms with Gasteiger partial charge in [-0.2, -0.15) is 0 Å². The van der Waals surface area contributed by atoms with Crippen LogP contribution in [0.2, 0.25) is 0 Å². The van der Waals surface area contributed by atoms with Gasteiger partial charge in [0.1, 0.15) is 5.58 Å². The lowest BCUT2D eigenvalue weighted by atomic mass is 9.86. The molecule has 0 N–H and O–H groups in total. The van der Waals surface area contributed by atoms with Crippen LogP contribution in [-0.2, 0) is 5.41 Å². The Morgan fingerprint density at radius 2 is 1.57 bits per heavy atom. The number of benzene rings is 2. The summed E-state index contributed by atoms with van der Waals surface area (Å²) in [5, 5.41) is 0.529. The van der Waals surface area contributed by atoms with Crippen LogP contribution in [0.25, 0.3) is 11.0 Å². The van der Waals surface area contributed by atoms with Crippen LogP contribution in [0.1, 0.15) is 65.2 Å². The highest BCUT2D eigenvalue weighted by molar-refractivity contribution is 5.99. The highest BCUT2D eigenvalue weighted by Crippen LogP contribution is 2.37. The molecule has 2 heterocycles. The van der Waals surface area contributed by atoms with Crippen LogP contribution in [0, 0.1) is 13.8 Å². The number of hydrogen-bond donors (Lipinski definition) is 0. The normalized spacial score (nSPS) is 16.7. The molecule has 1 aromatic heterocycles. The van der Waals surface area contributed by atoms with E-state index in [0.29, 0.717) is 16.5 Å². The van der Waals surface area contributed by atoms with Crippen molar-refractivity contribution in [3.8, 4) is 0 Å². The van der Waals surface area contributed by atoms with Crippen LogP contribution in [0.3, 0.4) is 0 Å². The van der Waals surface area contributed by atoms with Crippen molar-refractivity contribution in [3.05, 3.63) is 80.2 Å². The highest BCUT2D eigenvalue weighted by atomic mass is 16.3. The van der Waals surface area contributed by atoms with Gasteiger partial charge in [-0.3, -0.25) is 9.59 Å². The Hall–Kier alpha value is -2.88. The van der Waals surface area contributed by atoms with E-state index in [4.69, 9.17) is 4.42 Å². The molecule has 1 aliphatic rings. The molecule has 0 spiro atoms. The maximum absolute atomic E-state index is 13.3. The van der Waals surface area contributed by atoms with Crippen LogP contribution in [-0.4, -0.2) is 17.9 Å². The van der Waals surface area contributed by atoms with Crippen LogP contribution in [0.4, 0.5) is 0 Å². The average molecular weight is 375 g/mol. The molecule has 0 aliphatic carbocycles. The Kier molecular flexibility index (Phi) is 4.00. The molecular formula is C24H25NO3. The Bertz CT molecular complexity index is 1160. The molecular weight excluding hydrogens is 350 g/mol. The first kappa shape index (κ1) is 18.5. The van der Waals surface area contributed by atoms with Crippen molar-refractivity contribution in [1.82, 2.24) is 4.90 Å². The van der Waals surface area contributed by atoms with E-state index in [0.717, 1.165) is 16.7 Å². The molecule has 144 valence electrons. The van der Waals surface area contributed by atoms with E-state index in [1.807, 2.05) is 38.1 Å². The van der Waals surface area contributed by atoms with E-state index in [2.05, 4.69) is 32.9 Å². The quantitative estimate of drug-likeness (QED) is 0.609. The molecule has 28 heavy (non-hydrogen) atoms. The Labute approximate surface area is 164 Å². The SMILES string of the molecule is Cc1cc2oc3c(c(=O)c2cc1C)C(c1ccc(C(C)(C)C)cc1)N(C)C3=O. The largest absolute Gasteiger partial charge is 0.450 e. The molecule has 0 fully saturated rings. The van der Waals surface area contributed by atoms with Crippen molar-refractivity contribution >= 4 is 16.9 Å². The summed E-state index contributed by atoms with van der Waals surface area (Å²) in [6.45, 7) is 10.4. The zero-order valence-corrected chi connectivity index (χ0v) is 17.2. The topological polar surface area (TPSA) is 50.5 Å². The molecule has 3 aromatic rings. The van der Waals surface area contributed by atoms with Gasteiger partial charge in [0, 0.05) is 7.05 Å². The molecule has 0 saturated heterocycles. The number of rotatable bonds is 1. The number of amides is 1. The van der Waals surface area contributed by atoms with E-state index in [-0.39, 0.29) is 22.5 Å². The third kappa shape index (κ3) is 2.67. The predicted molar refractivity (Wildman–Crippen MR) is 111 cm³/mol. The van der Waals surface area contributed by atoms with E-state index in [1.54, 1.807) is 11.9 Å². The molecule has 4 rings (SSSR count). The zero-order valence-electron chi connectivity index (χ0n) is 17.2. The smallest absolute Gasteiger partial charge is 0.290 e. The summed E-state index contributed by atoms with van der Waals surface area (Å²) in [5.41, 5.74) is 5.01. The van der Waals surface area contributed by atoms with Gasteiger partial charge < -0.3 is 9.32 Å². The lowest BCUT2D eigenvalue weighted by Crippen LogP contribution is -2.25. The molecule has 0 bridgehead atoms.